The van der Waals surface area contributed by atoms with Crippen LogP contribution in [0, 0.1) is 0 Å². The van der Waals surface area contributed by atoms with Crippen molar-refractivity contribution in [2.75, 3.05) is 27.2 Å². The zero-order valence-corrected chi connectivity index (χ0v) is 15.4. The summed E-state index contributed by atoms with van der Waals surface area (Å²) in [6.07, 6.45) is 1.81. The summed E-state index contributed by atoms with van der Waals surface area (Å²) in [5.74, 6) is -1.12. The Balaban J connectivity index is 2.79. The Hall–Kier alpha value is -1.64. The zero-order valence-electron chi connectivity index (χ0n) is 13.8. The molecule has 1 aromatic carbocycles. The molecule has 0 aliphatic rings. The number of halogens is 1. The summed E-state index contributed by atoms with van der Waals surface area (Å²) in [5, 5.41) is -0.0173. The average molecular weight is 377 g/mol. The molecule has 24 heavy (non-hydrogen) atoms. The van der Waals surface area contributed by atoms with Crippen LogP contribution in [0.2, 0.25) is 5.02 Å². The van der Waals surface area contributed by atoms with E-state index in [-0.39, 0.29) is 21.4 Å². The second kappa shape index (κ2) is 9.00. The summed E-state index contributed by atoms with van der Waals surface area (Å²) >= 11 is 5.85. The van der Waals surface area contributed by atoms with E-state index < -0.39 is 22.6 Å². The van der Waals surface area contributed by atoms with Crippen LogP contribution in [0.1, 0.15) is 30.1 Å². The lowest BCUT2D eigenvalue weighted by Gasteiger charge is -2.16. The molecule has 0 spiro atoms. The maximum absolute atomic E-state index is 12.0. The molecule has 0 saturated carbocycles. The number of likely N-dealkylation sites (N-methyl/N-ethyl adjacent to an activating group) is 1. The summed E-state index contributed by atoms with van der Waals surface area (Å²) in [5.41, 5.74) is -0.00256. The summed E-state index contributed by atoms with van der Waals surface area (Å²) < 4.78 is 30.8. The third-order valence-electron chi connectivity index (χ3n) is 3.32. The van der Waals surface area contributed by atoms with Crippen LogP contribution in [0.25, 0.3) is 0 Å². The predicted octanol–water partition coefficient (Wildman–Crippen LogP) is 1.66. The number of esters is 1. The van der Waals surface area contributed by atoms with E-state index in [1.54, 1.807) is 7.05 Å². The number of carbonyl (C=O) groups excluding carboxylic acids is 2. The van der Waals surface area contributed by atoms with Gasteiger partial charge in [0.2, 0.25) is 10.0 Å². The van der Waals surface area contributed by atoms with E-state index in [9.17, 15) is 18.0 Å². The van der Waals surface area contributed by atoms with E-state index in [2.05, 4.69) is 4.72 Å². The highest BCUT2D eigenvalue weighted by Gasteiger charge is 2.20. The molecule has 0 aliphatic carbocycles. The first-order chi connectivity index (χ1) is 11.2. The Morgan fingerprint density at radius 1 is 1.33 bits per heavy atom. The fraction of sp³-hybridized carbons (Fsp3) is 0.467. The topological polar surface area (TPSA) is 92.8 Å². The van der Waals surface area contributed by atoms with Crippen LogP contribution in [0.15, 0.2) is 23.1 Å². The Morgan fingerprint density at radius 3 is 2.58 bits per heavy atom. The van der Waals surface area contributed by atoms with Gasteiger partial charge in [-0.2, -0.15) is 0 Å². The largest absolute Gasteiger partial charge is 0.452 e. The third-order valence-corrected chi connectivity index (χ3v) is 5.22. The normalized spacial score (nSPS) is 11.2. The average Bonchev–Trinajstić information content (AvgIpc) is 2.57. The molecule has 1 rings (SSSR count). The highest BCUT2D eigenvalue weighted by molar-refractivity contribution is 7.89. The van der Waals surface area contributed by atoms with Gasteiger partial charge in [0.25, 0.3) is 5.91 Å². The van der Waals surface area contributed by atoms with Gasteiger partial charge in [-0.3, -0.25) is 4.79 Å². The second-order valence-corrected chi connectivity index (χ2v) is 7.36. The van der Waals surface area contributed by atoms with Crippen molar-refractivity contribution in [2.24, 2.45) is 0 Å². The monoisotopic (exact) mass is 376 g/mol. The molecule has 0 aromatic heterocycles. The lowest BCUT2D eigenvalue weighted by atomic mass is 10.2. The van der Waals surface area contributed by atoms with Gasteiger partial charge in [0, 0.05) is 13.6 Å². The number of hydrogen-bond donors (Lipinski definition) is 1. The molecule has 7 nitrogen and oxygen atoms in total. The molecular formula is C15H21ClN2O5S. The van der Waals surface area contributed by atoms with Crippen molar-refractivity contribution in [3.05, 3.63) is 28.8 Å². The van der Waals surface area contributed by atoms with Gasteiger partial charge in [0.15, 0.2) is 6.61 Å². The van der Waals surface area contributed by atoms with Crippen molar-refractivity contribution in [1.82, 2.24) is 9.62 Å². The van der Waals surface area contributed by atoms with Crippen molar-refractivity contribution in [3.63, 3.8) is 0 Å². The van der Waals surface area contributed by atoms with Crippen molar-refractivity contribution < 1.29 is 22.7 Å². The van der Waals surface area contributed by atoms with Gasteiger partial charge >= 0.3 is 5.97 Å². The fourth-order valence-corrected chi connectivity index (χ4v) is 3.04. The minimum atomic E-state index is -3.80. The van der Waals surface area contributed by atoms with E-state index in [4.69, 9.17) is 16.3 Å². The molecular weight excluding hydrogens is 356 g/mol. The first-order valence-electron chi connectivity index (χ1n) is 7.37. The minimum Gasteiger partial charge on any atom is -0.452 e. The van der Waals surface area contributed by atoms with Crippen molar-refractivity contribution in [3.8, 4) is 0 Å². The number of unbranched alkanes of at least 4 members (excludes halogenated alkanes) is 1. The van der Waals surface area contributed by atoms with Crippen LogP contribution in [0.5, 0.6) is 0 Å². The van der Waals surface area contributed by atoms with Gasteiger partial charge in [0.1, 0.15) is 4.90 Å². The maximum atomic E-state index is 12.0. The fourth-order valence-electron chi connectivity index (χ4n) is 1.79. The number of benzene rings is 1. The molecule has 1 aromatic rings. The Morgan fingerprint density at radius 2 is 2.00 bits per heavy atom. The van der Waals surface area contributed by atoms with Crippen LogP contribution in [-0.4, -0.2) is 52.4 Å². The standard InChI is InChI=1S/C15H21ClN2O5S/c1-4-5-8-18(3)14(19)10-23-15(20)11-6-7-12(16)13(9-11)24(21,22)17-2/h6-7,9,17H,4-5,8,10H2,1-3H3. The Bertz CT molecular complexity index is 706. The molecule has 0 unspecified atom stereocenters. The van der Waals surface area contributed by atoms with Gasteiger partial charge < -0.3 is 9.64 Å². The second-order valence-electron chi connectivity index (χ2n) is 5.10. The molecule has 0 atom stereocenters. The molecule has 0 bridgehead atoms. The number of sulfonamides is 1. The van der Waals surface area contributed by atoms with Gasteiger partial charge in [-0.15, -0.1) is 0 Å². The number of amides is 1. The lowest BCUT2D eigenvalue weighted by molar-refractivity contribution is -0.133. The molecule has 0 radical (unpaired) electrons. The van der Waals surface area contributed by atoms with Gasteiger partial charge in [-0.05, 0) is 31.7 Å². The SMILES string of the molecule is CCCCN(C)C(=O)COC(=O)c1ccc(Cl)c(S(=O)(=O)NC)c1. The van der Waals surface area contributed by atoms with Crippen LogP contribution in [0.3, 0.4) is 0 Å². The molecule has 134 valence electrons. The van der Waals surface area contributed by atoms with E-state index in [0.29, 0.717) is 6.54 Å². The smallest absolute Gasteiger partial charge is 0.338 e. The first-order valence-corrected chi connectivity index (χ1v) is 9.23. The van der Waals surface area contributed by atoms with E-state index in [1.807, 2.05) is 6.92 Å². The number of nitrogens with one attached hydrogen (secondary N) is 1. The zero-order chi connectivity index (χ0) is 18.3. The number of hydrogen-bond acceptors (Lipinski definition) is 5. The molecule has 0 saturated heterocycles. The third kappa shape index (κ3) is 5.47. The van der Waals surface area contributed by atoms with Crippen molar-refractivity contribution in [2.45, 2.75) is 24.7 Å². The quantitative estimate of drug-likeness (QED) is 0.696. The van der Waals surface area contributed by atoms with Crippen molar-refractivity contribution >= 4 is 33.5 Å². The van der Waals surface area contributed by atoms with Gasteiger partial charge in [-0.1, -0.05) is 24.9 Å². The summed E-state index contributed by atoms with van der Waals surface area (Å²) in [6.45, 7) is 2.18. The highest BCUT2D eigenvalue weighted by atomic mass is 35.5. The van der Waals surface area contributed by atoms with Gasteiger partial charge in [-0.25, -0.2) is 17.9 Å². The van der Waals surface area contributed by atoms with Gasteiger partial charge in [0.05, 0.1) is 10.6 Å². The van der Waals surface area contributed by atoms with Crippen LogP contribution in [-0.2, 0) is 19.6 Å². The maximum Gasteiger partial charge on any atom is 0.338 e. The van der Waals surface area contributed by atoms with E-state index >= 15 is 0 Å². The summed E-state index contributed by atoms with van der Waals surface area (Å²) in [4.78, 5) is 25.1. The molecule has 0 fully saturated rings. The Kier molecular flexibility index (Phi) is 7.65. The predicted molar refractivity (Wildman–Crippen MR) is 90.5 cm³/mol. The van der Waals surface area contributed by atoms with Crippen molar-refractivity contribution in [1.29, 1.82) is 0 Å². The first kappa shape index (κ1) is 20.4. The molecule has 9 heteroatoms. The summed E-state index contributed by atoms with van der Waals surface area (Å²) in [6, 6.07) is 3.74. The minimum absolute atomic E-state index is 0.00256. The Labute approximate surface area is 147 Å². The number of ether oxygens (including phenoxy) is 1. The molecule has 0 aliphatic heterocycles. The van der Waals surface area contributed by atoms with Crippen LogP contribution >= 0.6 is 11.6 Å². The molecule has 1 N–H and O–H groups in total. The van der Waals surface area contributed by atoms with E-state index in [0.717, 1.165) is 18.9 Å². The molecule has 0 heterocycles. The lowest BCUT2D eigenvalue weighted by Crippen LogP contribution is -2.32. The number of carbonyl (C=O) groups is 2. The molecule has 1 amide bonds. The van der Waals surface area contributed by atoms with Crippen LogP contribution < -0.4 is 4.72 Å². The number of nitrogens with zero attached hydrogens (tertiary/aromatic N) is 1. The van der Waals surface area contributed by atoms with E-state index in [1.165, 1.54) is 24.1 Å². The number of rotatable bonds is 8. The highest BCUT2D eigenvalue weighted by Crippen LogP contribution is 2.22. The summed E-state index contributed by atoms with van der Waals surface area (Å²) in [7, 11) is -0.937. The van der Waals surface area contributed by atoms with Crippen LogP contribution in [0.4, 0.5) is 0 Å².